The topological polar surface area (TPSA) is 21.3 Å². The van der Waals surface area contributed by atoms with Crippen LogP contribution in [-0.2, 0) is 0 Å². The Bertz CT molecular complexity index is 341. The van der Waals surface area contributed by atoms with Gasteiger partial charge >= 0.3 is 0 Å². The van der Waals surface area contributed by atoms with Crippen molar-refractivity contribution in [3.05, 3.63) is 29.3 Å². The molecular weight excluding hydrogens is 217 g/mol. The first-order valence-electron chi connectivity index (χ1n) is 6.21. The van der Waals surface area contributed by atoms with E-state index in [2.05, 4.69) is 32.2 Å². The average Bonchev–Trinajstić information content (AvgIpc) is 2.34. The van der Waals surface area contributed by atoms with Crippen LogP contribution >= 0.6 is 0 Å². The SMILES string of the molecule is CCCNC(C)c1cc(C)ccc1OCCF. The monoisotopic (exact) mass is 239 g/mol. The van der Waals surface area contributed by atoms with Crippen LogP contribution in [-0.4, -0.2) is 19.8 Å². The summed E-state index contributed by atoms with van der Waals surface area (Å²) < 4.78 is 17.6. The molecule has 1 atom stereocenters. The van der Waals surface area contributed by atoms with E-state index in [0.717, 1.165) is 24.3 Å². The number of halogens is 1. The van der Waals surface area contributed by atoms with Gasteiger partial charge in [0.1, 0.15) is 19.0 Å². The number of rotatable bonds is 7. The highest BCUT2D eigenvalue weighted by Crippen LogP contribution is 2.26. The zero-order valence-corrected chi connectivity index (χ0v) is 10.9. The molecule has 0 bridgehead atoms. The van der Waals surface area contributed by atoms with Crippen LogP contribution in [0.2, 0.25) is 0 Å². The van der Waals surface area contributed by atoms with Crippen LogP contribution in [0, 0.1) is 6.92 Å². The molecule has 0 amide bonds. The molecule has 1 aromatic carbocycles. The molecule has 0 aliphatic carbocycles. The Morgan fingerprint density at radius 3 is 2.82 bits per heavy atom. The second-order valence-corrected chi connectivity index (χ2v) is 4.25. The first-order chi connectivity index (χ1) is 8.19. The largest absolute Gasteiger partial charge is 0.491 e. The van der Waals surface area contributed by atoms with Gasteiger partial charge in [-0.1, -0.05) is 24.6 Å². The molecule has 0 fully saturated rings. The quantitative estimate of drug-likeness (QED) is 0.787. The van der Waals surface area contributed by atoms with E-state index in [4.69, 9.17) is 4.74 Å². The van der Waals surface area contributed by atoms with E-state index in [1.165, 1.54) is 5.56 Å². The third-order valence-corrected chi connectivity index (χ3v) is 2.67. The minimum absolute atomic E-state index is 0.122. The van der Waals surface area contributed by atoms with Gasteiger partial charge in [0.15, 0.2) is 0 Å². The molecule has 0 aromatic heterocycles. The molecule has 1 N–H and O–H groups in total. The molecule has 0 heterocycles. The molecule has 0 radical (unpaired) electrons. The van der Waals surface area contributed by atoms with Crippen LogP contribution in [0.1, 0.15) is 37.4 Å². The van der Waals surface area contributed by atoms with Gasteiger partial charge in [-0.25, -0.2) is 4.39 Å². The number of ether oxygens (including phenoxy) is 1. The van der Waals surface area contributed by atoms with Crippen molar-refractivity contribution in [2.75, 3.05) is 19.8 Å². The molecule has 0 saturated carbocycles. The van der Waals surface area contributed by atoms with Gasteiger partial charge < -0.3 is 10.1 Å². The zero-order valence-electron chi connectivity index (χ0n) is 10.9. The third-order valence-electron chi connectivity index (χ3n) is 2.67. The van der Waals surface area contributed by atoms with Crippen molar-refractivity contribution in [3.8, 4) is 5.75 Å². The molecule has 1 rings (SSSR count). The molecule has 3 heteroatoms. The van der Waals surface area contributed by atoms with Crippen LogP contribution in [0.5, 0.6) is 5.75 Å². The number of aryl methyl sites for hydroxylation is 1. The van der Waals surface area contributed by atoms with Gasteiger partial charge in [0.05, 0.1) is 0 Å². The third kappa shape index (κ3) is 4.35. The van der Waals surface area contributed by atoms with Crippen LogP contribution in [0.4, 0.5) is 4.39 Å². The fraction of sp³-hybridized carbons (Fsp3) is 0.571. The summed E-state index contributed by atoms with van der Waals surface area (Å²) in [5, 5.41) is 3.42. The predicted molar refractivity (Wildman–Crippen MR) is 69.4 cm³/mol. The van der Waals surface area contributed by atoms with Crippen molar-refractivity contribution in [3.63, 3.8) is 0 Å². The lowest BCUT2D eigenvalue weighted by atomic mass is 10.0. The number of alkyl halides is 1. The molecular formula is C14H22FNO. The lowest BCUT2D eigenvalue weighted by Gasteiger charge is -2.18. The van der Waals surface area contributed by atoms with E-state index in [1.807, 2.05) is 12.1 Å². The second-order valence-electron chi connectivity index (χ2n) is 4.25. The van der Waals surface area contributed by atoms with Crippen LogP contribution in [0.3, 0.4) is 0 Å². The van der Waals surface area contributed by atoms with E-state index in [-0.39, 0.29) is 12.6 Å². The molecule has 1 aromatic rings. The Morgan fingerprint density at radius 1 is 1.41 bits per heavy atom. The van der Waals surface area contributed by atoms with E-state index < -0.39 is 6.67 Å². The standard InChI is InChI=1S/C14H22FNO/c1-4-8-16-12(3)13-10-11(2)5-6-14(13)17-9-7-15/h5-6,10,12,16H,4,7-9H2,1-3H3. The molecule has 0 aliphatic heterocycles. The smallest absolute Gasteiger partial charge is 0.124 e. The lowest BCUT2D eigenvalue weighted by Crippen LogP contribution is -2.20. The second kappa shape index (κ2) is 7.28. The van der Waals surface area contributed by atoms with E-state index >= 15 is 0 Å². The van der Waals surface area contributed by atoms with E-state index in [9.17, 15) is 4.39 Å². The summed E-state index contributed by atoms with van der Waals surface area (Å²) in [5.41, 5.74) is 2.30. The number of hydrogen-bond donors (Lipinski definition) is 1. The van der Waals surface area contributed by atoms with Crippen molar-refractivity contribution in [2.24, 2.45) is 0 Å². The van der Waals surface area contributed by atoms with Gasteiger partial charge in [-0.3, -0.25) is 0 Å². The maximum Gasteiger partial charge on any atom is 0.124 e. The van der Waals surface area contributed by atoms with Gasteiger partial charge in [-0.2, -0.15) is 0 Å². The van der Waals surface area contributed by atoms with E-state index in [0.29, 0.717) is 0 Å². The van der Waals surface area contributed by atoms with Gasteiger partial charge in [0.2, 0.25) is 0 Å². The van der Waals surface area contributed by atoms with Gasteiger partial charge in [0, 0.05) is 11.6 Å². The van der Waals surface area contributed by atoms with Crippen LogP contribution in [0.25, 0.3) is 0 Å². The lowest BCUT2D eigenvalue weighted by molar-refractivity contribution is 0.269. The number of hydrogen-bond acceptors (Lipinski definition) is 2. The summed E-state index contributed by atoms with van der Waals surface area (Å²) in [4.78, 5) is 0. The molecule has 17 heavy (non-hydrogen) atoms. The Labute approximate surface area is 103 Å². The fourth-order valence-corrected chi connectivity index (χ4v) is 1.76. The van der Waals surface area contributed by atoms with Gasteiger partial charge in [-0.15, -0.1) is 0 Å². The number of benzene rings is 1. The maximum atomic E-state index is 12.2. The summed E-state index contributed by atoms with van der Waals surface area (Å²) in [6, 6.07) is 6.24. The minimum atomic E-state index is -0.454. The molecule has 2 nitrogen and oxygen atoms in total. The highest BCUT2D eigenvalue weighted by atomic mass is 19.1. The predicted octanol–water partition coefficient (Wildman–Crippen LogP) is 3.40. The zero-order chi connectivity index (χ0) is 12.7. The van der Waals surface area contributed by atoms with Gasteiger partial charge in [-0.05, 0) is 32.9 Å². The Morgan fingerprint density at radius 2 is 2.18 bits per heavy atom. The average molecular weight is 239 g/mol. The first kappa shape index (κ1) is 14.0. The van der Waals surface area contributed by atoms with Crippen molar-refractivity contribution < 1.29 is 9.13 Å². The highest BCUT2D eigenvalue weighted by Gasteiger charge is 2.11. The maximum absolute atomic E-state index is 12.2. The summed E-state index contributed by atoms with van der Waals surface area (Å²) in [7, 11) is 0. The molecule has 0 aliphatic rings. The van der Waals surface area contributed by atoms with Gasteiger partial charge in [0.25, 0.3) is 0 Å². The molecule has 0 saturated heterocycles. The molecule has 96 valence electrons. The first-order valence-corrected chi connectivity index (χ1v) is 6.21. The van der Waals surface area contributed by atoms with Crippen molar-refractivity contribution in [1.82, 2.24) is 5.32 Å². The van der Waals surface area contributed by atoms with Crippen molar-refractivity contribution in [1.29, 1.82) is 0 Å². The van der Waals surface area contributed by atoms with Crippen molar-refractivity contribution >= 4 is 0 Å². The molecule has 1 unspecified atom stereocenters. The minimum Gasteiger partial charge on any atom is -0.491 e. The van der Waals surface area contributed by atoms with Crippen LogP contribution in [0.15, 0.2) is 18.2 Å². The van der Waals surface area contributed by atoms with E-state index in [1.54, 1.807) is 0 Å². The van der Waals surface area contributed by atoms with Crippen LogP contribution < -0.4 is 10.1 Å². The summed E-state index contributed by atoms with van der Waals surface area (Å²) in [6.45, 7) is 6.93. The summed E-state index contributed by atoms with van der Waals surface area (Å²) in [6.07, 6.45) is 1.09. The Hall–Kier alpha value is -1.09. The summed E-state index contributed by atoms with van der Waals surface area (Å²) >= 11 is 0. The highest BCUT2D eigenvalue weighted by molar-refractivity contribution is 5.38. The fourth-order valence-electron chi connectivity index (χ4n) is 1.76. The Kier molecular flexibility index (Phi) is 5.98. The van der Waals surface area contributed by atoms with Crippen molar-refractivity contribution in [2.45, 2.75) is 33.2 Å². The summed E-state index contributed by atoms with van der Waals surface area (Å²) in [5.74, 6) is 0.782. The Balaban J connectivity index is 2.81. The normalized spacial score (nSPS) is 12.5. The molecule has 0 spiro atoms. The number of nitrogens with one attached hydrogen (secondary N) is 1.